The smallest absolute Gasteiger partial charge is 0.239 e. The van der Waals surface area contributed by atoms with E-state index in [1.807, 2.05) is 22.6 Å². The third-order valence-corrected chi connectivity index (χ3v) is 5.14. The average Bonchev–Trinajstić information content (AvgIpc) is 2.45. The van der Waals surface area contributed by atoms with Crippen LogP contribution in [0.2, 0.25) is 0 Å². The van der Waals surface area contributed by atoms with Gasteiger partial charge in [0.05, 0.1) is 8.82 Å². The molecule has 0 bridgehead atoms. The van der Waals surface area contributed by atoms with Crippen LogP contribution in [0.15, 0.2) is 23.1 Å². The normalized spacial score (nSPS) is 23.7. The topological polar surface area (TPSA) is 54.5 Å². The molecule has 1 heterocycles. The standard InChI is InChI=1S/C12H14INO3S/c1-14-11-6-4-9(18(2,16)17)7-8(11)3-5-10(13)12(14)15/h4,6-7,10H,3,5H2,1-2H3/i1D3. The third kappa shape index (κ3) is 2.54. The van der Waals surface area contributed by atoms with E-state index in [-0.39, 0.29) is 10.6 Å². The summed E-state index contributed by atoms with van der Waals surface area (Å²) in [4.78, 5) is 13.2. The second-order valence-electron chi connectivity index (χ2n) is 4.24. The van der Waals surface area contributed by atoms with Gasteiger partial charge >= 0.3 is 0 Å². The van der Waals surface area contributed by atoms with E-state index >= 15 is 0 Å². The highest BCUT2D eigenvalue weighted by molar-refractivity contribution is 14.1. The Labute approximate surface area is 125 Å². The quantitative estimate of drug-likeness (QED) is 0.550. The second kappa shape index (κ2) is 4.80. The van der Waals surface area contributed by atoms with Crippen LogP contribution in [0.1, 0.15) is 16.1 Å². The van der Waals surface area contributed by atoms with Crippen molar-refractivity contribution in [2.24, 2.45) is 0 Å². The van der Waals surface area contributed by atoms with E-state index in [2.05, 4.69) is 0 Å². The van der Waals surface area contributed by atoms with E-state index in [4.69, 9.17) is 4.11 Å². The first-order valence-electron chi connectivity index (χ1n) is 6.83. The Morgan fingerprint density at radius 2 is 2.22 bits per heavy atom. The molecule has 0 aliphatic carbocycles. The molecule has 18 heavy (non-hydrogen) atoms. The van der Waals surface area contributed by atoms with Crippen LogP contribution < -0.4 is 4.90 Å². The molecular weight excluding hydrogens is 365 g/mol. The molecule has 98 valence electrons. The fourth-order valence-electron chi connectivity index (χ4n) is 1.88. The van der Waals surface area contributed by atoms with Crippen LogP contribution in [0.25, 0.3) is 0 Å². The predicted octanol–water partition coefficient (Wildman–Crippen LogP) is 1.80. The molecule has 1 unspecified atom stereocenters. The summed E-state index contributed by atoms with van der Waals surface area (Å²) in [6.07, 6.45) is 2.04. The molecule has 0 spiro atoms. The minimum absolute atomic E-state index is 0.131. The lowest BCUT2D eigenvalue weighted by atomic mass is 10.1. The van der Waals surface area contributed by atoms with Crippen molar-refractivity contribution in [3.05, 3.63) is 23.8 Å². The molecule has 0 aromatic heterocycles. The zero-order valence-electron chi connectivity index (χ0n) is 12.7. The van der Waals surface area contributed by atoms with Crippen molar-refractivity contribution >= 4 is 44.0 Å². The van der Waals surface area contributed by atoms with E-state index in [1.165, 1.54) is 18.2 Å². The van der Waals surface area contributed by atoms with Gasteiger partial charge in [0, 0.05) is 23.0 Å². The van der Waals surface area contributed by atoms with Gasteiger partial charge in [-0.25, -0.2) is 8.42 Å². The maximum absolute atomic E-state index is 12.3. The summed E-state index contributed by atoms with van der Waals surface area (Å²) in [5, 5.41) is 0. The van der Waals surface area contributed by atoms with Crippen molar-refractivity contribution in [2.75, 3.05) is 18.1 Å². The lowest BCUT2D eigenvalue weighted by Crippen LogP contribution is -2.31. The Balaban J connectivity index is 2.63. The van der Waals surface area contributed by atoms with Gasteiger partial charge in [0.1, 0.15) is 0 Å². The van der Waals surface area contributed by atoms with Gasteiger partial charge in [-0.2, -0.15) is 0 Å². The molecule has 4 nitrogen and oxygen atoms in total. The zero-order valence-corrected chi connectivity index (χ0v) is 12.7. The molecule has 0 fully saturated rings. The van der Waals surface area contributed by atoms with Crippen molar-refractivity contribution in [3.63, 3.8) is 0 Å². The maximum Gasteiger partial charge on any atom is 0.239 e. The SMILES string of the molecule is [2H]C([2H])([2H])N1C(=O)C(I)CCc2cc(S(C)(=O)=O)ccc21. The van der Waals surface area contributed by atoms with Crippen LogP contribution in [-0.4, -0.2) is 31.5 Å². The van der Waals surface area contributed by atoms with Crippen LogP contribution in [0, 0.1) is 0 Å². The molecule has 1 aliphatic heterocycles. The number of anilines is 1. The van der Waals surface area contributed by atoms with E-state index in [9.17, 15) is 13.2 Å². The molecule has 1 aromatic rings. The van der Waals surface area contributed by atoms with Crippen molar-refractivity contribution in [1.82, 2.24) is 0 Å². The number of carbonyl (C=O) groups is 1. The van der Waals surface area contributed by atoms with E-state index < -0.39 is 26.6 Å². The van der Waals surface area contributed by atoms with Gasteiger partial charge in [0.2, 0.25) is 5.91 Å². The Morgan fingerprint density at radius 3 is 2.83 bits per heavy atom. The lowest BCUT2D eigenvalue weighted by Gasteiger charge is -2.19. The molecule has 0 saturated heterocycles. The monoisotopic (exact) mass is 382 g/mol. The van der Waals surface area contributed by atoms with Gasteiger partial charge in [-0.15, -0.1) is 0 Å². The lowest BCUT2D eigenvalue weighted by molar-refractivity contribution is -0.117. The van der Waals surface area contributed by atoms with Crippen molar-refractivity contribution < 1.29 is 17.3 Å². The number of sulfone groups is 1. The Bertz CT molecular complexity index is 687. The zero-order chi connectivity index (χ0) is 16.0. The minimum Gasteiger partial charge on any atom is -0.314 e. The number of hydrogen-bond acceptors (Lipinski definition) is 3. The fraction of sp³-hybridized carbons (Fsp3) is 0.417. The third-order valence-electron chi connectivity index (χ3n) is 2.88. The number of nitrogens with zero attached hydrogens (tertiary/aromatic N) is 1. The maximum atomic E-state index is 12.3. The number of rotatable bonds is 1. The molecule has 1 aliphatic rings. The highest BCUT2D eigenvalue weighted by Gasteiger charge is 2.26. The summed E-state index contributed by atoms with van der Waals surface area (Å²) in [6, 6.07) is 4.21. The van der Waals surface area contributed by atoms with Crippen LogP contribution >= 0.6 is 22.6 Å². The van der Waals surface area contributed by atoms with E-state index in [0.717, 1.165) is 11.2 Å². The van der Waals surface area contributed by atoms with Gasteiger partial charge in [0.25, 0.3) is 0 Å². The summed E-state index contributed by atoms with van der Waals surface area (Å²) in [6.45, 7) is -2.59. The number of benzene rings is 1. The largest absolute Gasteiger partial charge is 0.314 e. The number of amides is 1. The highest BCUT2D eigenvalue weighted by atomic mass is 127. The van der Waals surface area contributed by atoms with E-state index in [1.54, 1.807) is 0 Å². The van der Waals surface area contributed by atoms with Crippen LogP contribution in [0.4, 0.5) is 5.69 Å². The van der Waals surface area contributed by atoms with Crippen molar-refractivity contribution in [2.45, 2.75) is 21.7 Å². The summed E-state index contributed by atoms with van der Waals surface area (Å²) < 4.78 is 45.5. The first kappa shape index (κ1) is 10.2. The predicted molar refractivity (Wildman–Crippen MR) is 79.1 cm³/mol. The van der Waals surface area contributed by atoms with E-state index in [0.29, 0.717) is 18.4 Å². The van der Waals surface area contributed by atoms with Crippen molar-refractivity contribution in [1.29, 1.82) is 0 Å². The molecule has 0 radical (unpaired) electrons. The van der Waals surface area contributed by atoms with Gasteiger partial charge in [-0.1, -0.05) is 22.6 Å². The second-order valence-corrected chi connectivity index (χ2v) is 7.76. The first-order valence-corrected chi connectivity index (χ1v) is 8.46. The molecule has 0 N–H and O–H groups in total. The van der Waals surface area contributed by atoms with Crippen LogP contribution in [-0.2, 0) is 21.1 Å². The van der Waals surface area contributed by atoms with Gasteiger partial charge in [0.15, 0.2) is 9.84 Å². The molecule has 1 atom stereocenters. The molecule has 1 amide bonds. The Hall–Kier alpha value is -0.630. The van der Waals surface area contributed by atoms with Crippen molar-refractivity contribution in [3.8, 4) is 0 Å². The summed E-state index contributed by atoms with van der Waals surface area (Å²) in [5.41, 5.74) is 0.841. The average molecular weight is 382 g/mol. The summed E-state index contributed by atoms with van der Waals surface area (Å²) in [5.74, 6) is -0.471. The number of aryl methyl sites for hydroxylation is 1. The summed E-state index contributed by atoms with van der Waals surface area (Å²) in [7, 11) is -3.37. The fourth-order valence-corrected chi connectivity index (χ4v) is 3.14. The number of alkyl halides is 1. The Kier molecular flexibility index (Phi) is 2.72. The molecule has 2 rings (SSSR count). The molecular formula is C12H14INO3S. The highest BCUT2D eigenvalue weighted by Crippen LogP contribution is 2.30. The van der Waals surface area contributed by atoms with Gasteiger partial charge in [-0.3, -0.25) is 4.79 Å². The first-order chi connectivity index (χ1) is 9.51. The summed E-state index contributed by atoms with van der Waals surface area (Å²) >= 11 is 1.93. The minimum atomic E-state index is -3.37. The number of halogens is 1. The number of fused-ring (bicyclic) bond motifs is 1. The number of carbonyl (C=O) groups excluding carboxylic acids is 1. The Morgan fingerprint density at radius 1 is 1.50 bits per heavy atom. The molecule has 0 saturated carbocycles. The number of hydrogen-bond donors (Lipinski definition) is 0. The van der Waals surface area contributed by atoms with Gasteiger partial charge < -0.3 is 4.90 Å². The van der Waals surface area contributed by atoms with Gasteiger partial charge in [-0.05, 0) is 36.6 Å². The van der Waals surface area contributed by atoms with Crippen LogP contribution in [0.3, 0.4) is 0 Å². The van der Waals surface area contributed by atoms with Crippen LogP contribution in [0.5, 0.6) is 0 Å². The molecule has 1 aromatic carbocycles. The molecule has 6 heteroatoms.